The van der Waals surface area contributed by atoms with Gasteiger partial charge in [-0.05, 0) is 56.1 Å². The third-order valence-electron chi connectivity index (χ3n) is 4.73. The minimum absolute atomic E-state index is 0.134. The van der Waals surface area contributed by atoms with Crippen LogP contribution in [0.5, 0.6) is 0 Å². The van der Waals surface area contributed by atoms with Crippen LogP contribution in [0.1, 0.15) is 36.2 Å². The second-order valence-electron chi connectivity index (χ2n) is 6.29. The molecular formula is C17H26N2O4S. The van der Waals surface area contributed by atoms with Crippen molar-refractivity contribution in [1.82, 2.24) is 9.21 Å². The molecule has 1 saturated heterocycles. The van der Waals surface area contributed by atoms with E-state index in [1.165, 1.54) is 22.5 Å². The number of nitrogens with zero attached hydrogens (tertiary/aromatic N) is 2. The standard InChI is InChI=1S/C17H26N2O4S/c1-4-18(5-2)11-14-8-9-19(12-14)24(22,23)15-6-7-16(17(20)21)13(3)10-15/h6-7,10,14H,4-5,8-9,11-12H2,1-3H3,(H,20,21). The average Bonchev–Trinajstić information content (AvgIpc) is 3.01. The van der Waals surface area contributed by atoms with Crippen LogP contribution in [0.3, 0.4) is 0 Å². The molecule has 7 heteroatoms. The first-order valence-electron chi connectivity index (χ1n) is 8.36. The first-order valence-corrected chi connectivity index (χ1v) is 9.80. The van der Waals surface area contributed by atoms with Crippen LogP contribution in [0.25, 0.3) is 0 Å². The molecule has 0 aliphatic carbocycles. The molecule has 1 fully saturated rings. The second kappa shape index (κ2) is 7.63. The van der Waals surface area contributed by atoms with Crippen molar-refractivity contribution in [3.63, 3.8) is 0 Å². The lowest BCUT2D eigenvalue weighted by Crippen LogP contribution is -2.33. The van der Waals surface area contributed by atoms with E-state index >= 15 is 0 Å². The van der Waals surface area contributed by atoms with Gasteiger partial charge in [-0.1, -0.05) is 13.8 Å². The van der Waals surface area contributed by atoms with Crippen molar-refractivity contribution in [2.24, 2.45) is 5.92 Å². The number of benzene rings is 1. The Morgan fingerprint density at radius 2 is 2.00 bits per heavy atom. The van der Waals surface area contributed by atoms with Gasteiger partial charge in [0.1, 0.15) is 0 Å². The van der Waals surface area contributed by atoms with Crippen molar-refractivity contribution in [2.75, 3.05) is 32.7 Å². The SMILES string of the molecule is CCN(CC)CC1CCN(S(=O)(=O)c2ccc(C(=O)O)c(C)c2)C1. The zero-order chi connectivity index (χ0) is 17.9. The molecule has 0 amide bonds. The first-order chi connectivity index (χ1) is 11.3. The molecule has 0 bridgehead atoms. The Morgan fingerprint density at radius 3 is 2.54 bits per heavy atom. The first kappa shape index (κ1) is 18.9. The molecule has 0 radical (unpaired) electrons. The van der Waals surface area contributed by atoms with Crippen LogP contribution in [-0.4, -0.2) is 61.4 Å². The van der Waals surface area contributed by atoms with E-state index in [0.29, 0.717) is 24.6 Å². The van der Waals surface area contributed by atoms with Gasteiger partial charge in [0.15, 0.2) is 0 Å². The largest absolute Gasteiger partial charge is 0.478 e. The molecule has 0 saturated carbocycles. The summed E-state index contributed by atoms with van der Waals surface area (Å²) >= 11 is 0. The normalized spacial score (nSPS) is 19.1. The quantitative estimate of drug-likeness (QED) is 0.811. The van der Waals surface area contributed by atoms with E-state index in [4.69, 9.17) is 5.11 Å². The summed E-state index contributed by atoms with van der Waals surface area (Å²) in [6, 6.07) is 4.22. The molecule has 1 atom stereocenters. The van der Waals surface area contributed by atoms with Crippen molar-refractivity contribution in [1.29, 1.82) is 0 Å². The molecule has 1 aromatic rings. The highest BCUT2D eigenvalue weighted by atomic mass is 32.2. The van der Waals surface area contributed by atoms with Crippen LogP contribution in [-0.2, 0) is 10.0 Å². The summed E-state index contributed by atoms with van der Waals surface area (Å²) in [5, 5.41) is 9.07. The Balaban J connectivity index is 2.14. The van der Waals surface area contributed by atoms with E-state index in [0.717, 1.165) is 26.1 Å². The fraction of sp³-hybridized carbons (Fsp3) is 0.588. The van der Waals surface area contributed by atoms with Gasteiger partial charge in [-0.2, -0.15) is 4.31 Å². The molecule has 1 aliphatic heterocycles. The van der Waals surface area contributed by atoms with Crippen LogP contribution in [0, 0.1) is 12.8 Å². The molecule has 1 aliphatic rings. The third-order valence-corrected chi connectivity index (χ3v) is 6.59. The minimum atomic E-state index is -3.56. The van der Waals surface area contributed by atoms with Crippen molar-refractivity contribution in [2.45, 2.75) is 32.1 Å². The maximum atomic E-state index is 12.8. The van der Waals surface area contributed by atoms with E-state index in [2.05, 4.69) is 18.7 Å². The van der Waals surface area contributed by atoms with Crippen LogP contribution < -0.4 is 0 Å². The van der Waals surface area contributed by atoms with Crippen molar-refractivity contribution < 1.29 is 18.3 Å². The molecule has 0 spiro atoms. The molecule has 1 heterocycles. The summed E-state index contributed by atoms with van der Waals surface area (Å²) in [7, 11) is -3.56. The van der Waals surface area contributed by atoms with Crippen molar-refractivity contribution in [3.05, 3.63) is 29.3 Å². The number of aromatic carboxylic acids is 1. The minimum Gasteiger partial charge on any atom is -0.478 e. The fourth-order valence-electron chi connectivity index (χ4n) is 3.20. The summed E-state index contributed by atoms with van der Waals surface area (Å²) in [4.78, 5) is 13.6. The number of carboxylic acids is 1. The second-order valence-corrected chi connectivity index (χ2v) is 8.22. The van der Waals surface area contributed by atoms with Gasteiger partial charge >= 0.3 is 5.97 Å². The molecular weight excluding hydrogens is 328 g/mol. The number of hydrogen-bond acceptors (Lipinski definition) is 4. The van der Waals surface area contributed by atoms with E-state index in [1.54, 1.807) is 6.92 Å². The van der Waals surface area contributed by atoms with Gasteiger partial charge in [-0.15, -0.1) is 0 Å². The Bertz CT molecular complexity index is 699. The highest BCUT2D eigenvalue weighted by molar-refractivity contribution is 7.89. The average molecular weight is 354 g/mol. The van der Waals surface area contributed by atoms with Gasteiger partial charge in [0.05, 0.1) is 10.5 Å². The summed E-state index contributed by atoms with van der Waals surface area (Å²) in [6.07, 6.45) is 0.863. The van der Waals surface area contributed by atoms with Gasteiger partial charge in [0.25, 0.3) is 0 Å². The molecule has 1 aromatic carbocycles. The van der Waals surface area contributed by atoms with Crippen LogP contribution in [0.4, 0.5) is 0 Å². The van der Waals surface area contributed by atoms with Crippen molar-refractivity contribution >= 4 is 16.0 Å². The zero-order valence-corrected chi connectivity index (χ0v) is 15.3. The lowest BCUT2D eigenvalue weighted by atomic mass is 10.1. The number of carbonyl (C=O) groups is 1. The number of carboxylic acid groups (broad SMARTS) is 1. The highest BCUT2D eigenvalue weighted by Crippen LogP contribution is 2.26. The van der Waals surface area contributed by atoms with Gasteiger partial charge in [-0.25, -0.2) is 13.2 Å². The van der Waals surface area contributed by atoms with E-state index in [-0.39, 0.29) is 10.5 Å². The number of sulfonamides is 1. The van der Waals surface area contributed by atoms with Crippen LogP contribution in [0.15, 0.2) is 23.1 Å². The molecule has 0 aromatic heterocycles. The van der Waals surface area contributed by atoms with Gasteiger partial charge in [0.2, 0.25) is 10.0 Å². The third kappa shape index (κ3) is 3.96. The van der Waals surface area contributed by atoms with E-state index in [9.17, 15) is 13.2 Å². The predicted octanol–water partition coefficient (Wildman–Crippen LogP) is 2.05. The lowest BCUT2D eigenvalue weighted by Gasteiger charge is -2.22. The topological polar surface area (TPSA) is 77.9 Å². The predicted molar refractivity (Wildman–Crippen MR) is 92.8 cm³/mol. The zero-order valence-electron chi connectivity index (χ0n) is 14.5. The maximum Gasteiger partial charge on any atom is 0.335 e. The van der Waals surface area contributed by atoms with Crippen LogP contribution in [0.2, 0.25) is 0 Å². The summed E-state index contributed by atoms with van der Waals surface area (Å²) in [5.41, 5.74) is 0.595. The molecule has 1 unspecified atom stereocenters. The molecule has 1 N–H and O–H groups in total. The Morgan fingerprint density at radius 1 is 1.33 bits per heavy atom. The monoisotopic (exact) mass is 354 g/mol. The number of hydrogen-bond donors (Lipinski definition) is 1. The van der Waals surface area contributed by atoms with Crippen molar-refractivity contribution in [3.8, 4) is 0 Å². The Labute approximate surface area is 144 Å². The molecule has 24 heavy (non-hydrogen) atoms. The maximum absolute atomic E-state index is 12.8. The van der Waals surface area contributed by atoms with Gasteiger partial charge in [0, 0.05) is 19.6 Å². The number of aryl methyl sites for hydroxylation is 1. The van der Waals surface area contributed by atoms with Gasteiger partial charge < -0.3 is 10.0 Å². The Kier molecular flexibility index (Phi) is 6.01. The fourth-order valence-corrected chi connectivity index (χ4v) is 4.81. The van der Waals surface area contributed by atoms with Crippen LogP contribution >= 0.6 is 0 Å². The molecule has 134 valence electrons. The summed E-state index contributed by atoms with van der Waals surface area (Å²) in [6.45, 7) is 9.74. The number of rotatable bonds is 7. The Hall–Kier alpha value is -1.44. The highest BCUT2D eigenvalue weighted by Gasteiger charge is 2.33. The smallest absolute Gasteiger partial charge is 0.335 e. The lowest BCUT2D eigenvalue weighted by molar-refractivity contribution is 0.0696. The summed E-state index contributed by atoms with van der Waals surface area (Å²) in [5.74, 6) is -0.698. The van der Waals surface area contributed by atoms with Gasteiger partial charge in [-0.3, -0.25) is 0 Å². The van der Waals surface area contributed by atoms with E-state index in [1.807, 2.05) is 0 Å². The van der Waals surface area contributed by atoms with E-state index < -0.39 is 16.0 Å². The molecule has 2 rings (SSSR count). The molecule has 6 nitrogen and oxygen atoms in total. The summed E-state index contributed by atoms with van der Waals surface area (Å²) < 4.78 is 27.1.